The molecule has 0 unspecified atom stereocenters. The van der Waals surface area contributed by atoms with Crippen molar-refractivity contribution in [3.05, 3.63) is 47.5 Å². The Bertz CT molecular complexity index is 651. The van der Waals surface area contributed by atoms with Crippen LogP contribution in [-0.4, -0.2) is 34.3 Å². The van der Waals surface area contributed by atoms with Crippen molar-refractivity contribution < 1.29 is 20.1 Å². The zero-order valence-corrected chi connectivity index (χ0v) is 11.9. The van der Waals surface area contributed by atoms with Crippen LogP contribution >= 0.6 is 0 Å². The van der Waals surface area contributed by atoms with Gasteiger partial charge in [-0.25, -0.2) is 0 Å². The van der Waals surface area contributed by atoms with E-state index in [-0.39, 0.29) is 5.41 Å². The Labute approximate surface area is 124 Å². The van der Waals surface area contributed by atoms with Gasteiger partial charge in [0.05, 0.1) is 0 Å². The lowest BCUT2D eigenvalue weighted by atomic mass is 9.74. The summed E-state index contributed by atoms with van der Waals surface area (Å²) >= 11 is 0. The first-order chi connectivity index (χ1) is 9.82. The monoisotopic (exact) mass is 282 g/mol. The Morgan fingerprint density at radius 1 is 0.714 bits per heavy atom. The van der Waals surface area contributed by atoms with Gasteiger partial charge in [0.15, 0.2) is 0 Å². The van der Waals surface area contributed by atoms with Gasteiger partial charge in [0.1, 0.15) is 0 Å². The van der Waals surface area contributed by atoms with Gasteiger partial charge in [-0.15, -0.1) is 0 Å². The topological polar surface area (TPSA) is 80.9 Å². The molecule has 0 saturated heterocycles. The minimum absolute atomic E-state index is 0.333. The molecular weight excluding hydrogens is 266 g/mol. The lowest BCUT2D eigenvalue weighted by Gasteiger charge is -2.22. The Kier molecular flexibility index (Phi) is 3.22. The standard InChI is InChI=1S/C15H16B2O4/c1-15(2)13-7-9(16(18)19)3-5-11(13)12-6-4-10(17(20)21)8-14(12)15/h3-8,18-21H,1-2H3. The van der Waals surface area contributed by atoms with E-state index < -0.39 is 14.2 Å². The summed E-state index contributed by atoms with van der Waals surface area (Å²) in [7, 11) is -2.99. The maximum absolute atomic E-state index is 9.35. The summed E-state index contributed by atoms with van der Waals surface area (Å²) in [5, 5.41) is 37.4. The third-order valence-electron chi connectivity index (χ3n) is 4.32. The van der Waals surface area contributed by atoms with Crippen molar-refractivity contribution in [2.45, 2.75) is 19.3 Å². The zero-order valence-electron chi connectivity index (χ0n) is 11.9. The highest BCUT2D eigenvalue weighted by Crippen LogP contribution is 2.47. The molecule has 4 nitrogen and oxygen atoms in total. The van der Waals surface area contributed by atoms with Crippen molar-refractivity contribution >= 4 is 25.2 Å². The molecule has 0 saturated carbocycles. The first-order valence-corrected chi connectivity index (χ1v) is 6.84. The molecule has 2 aromatic carbocycles. The minimum Gasteiger partial charge on any atom is -0.423 e. The lowest BCUT2D eigenvalue weighted by Crippen LogP contribution is -2.32. The molecule has 0 amide bonds. The number of rotatable bonds is 2. The number of fused-ring (bicyclic) bond motifs is 3. The quantitative estimate of drug-likeness (QED) is 0.552. The van der Waals surface area contributed by atoms with E-state index in [1.165, 1.54) is 0 Å². The average molecular weight is 282 g/mol. The van der Waals surface area contributed by atoms with Crippen LogP contribution in [0.1, 0.15) is 25.0 Å². The van der Waals surface area contributed by atoms with Gasteiger partial charge in [0.2, 0.25) is 0 Å². The van der Waals surface area contributed by atoms with Gasteiger partial charge in [0.25, 0.3) is 0 Å². The van der Waals surface area contributed by atoms with Crippen LogP contribution in [-0.2, 0) is 5.41 Å². The average Bonchev–Trinajstić information content (AvgIpc) is 2.67. The van der Waals surface area contributed by atoms with E-state index in [9.17, 15) is 20.1 Å². The minimum atomic E-state index is -1.50. The van der Waals surface area contributed by atoms with Gasteiger partial charge >= 0.3 is 14.2 Å². The molecule has 4 N–H and O–H groups in total. The summed E-state index contributed by atoms with van der Waals surface area (Å²) in [5.41, 5.74) is 4.67. The second-order valence-electron chi connectivity index (χ2n) is 5.98. The number of hydrogen-bond donors (Lipinski definition) is 4. The summed E-state index contributed by atoms with van der Waals surface area (Å²) in [6, 6.07) is 10.8. The summed E-state index contributed by atoms with van der Waals surface area (Å²) in [6.45, 7) is 4.08. The Morgan fingerprint density at radius 2 is 1.10 bits per heavy atom. The Hall–Kier alpha value is -1.59. The molecule has 106 valence electrons. The fourth-order valence-electron chi connectivity index (χ4n) is 3.09. The van der Waals surface area contributed by atoms with Crippen molar-refractivity contribution in [2.24, 2.45) is 0 Å². The van der Waals surface area contributed by atoms with Gasteiger partial charge in [-0.05, 0) is 33.2 Å². The molecule has 0 spiro atoms. The van der Waals surface area contributed by atoms with Gasteiger partial charge in [0, 0.05) is 5.41 Å². The molecule has 1 aliphatic rings. The van der Waals surface area contributed by atoms with Crippen molar-refractivity contribution in [1.82, 2.24) is 0 Å². The molecule has 0 fully saturated rings. The highest BCUT2D eigenvalue weighted by molar-refractivity contribution is 6.59. The summed E-state index contributed by atoms with van der Waals surface area (Å²) < 4.78 is 0. The van der Waals surface area contributed by atoms with Crippen LogP contribution in [0.2, 0.25) is 0 Å². The van der Waals surface area contributed by atoms with Crippen LogP contribution in [0.3, 0.4) is 0 Å². The Morgan fingerprint density at radius 3 is 1.43 bits per heavy atom. The summed E-state index contributed by atoms with van der Waals surface area (Å²) in [6.07, 6.45) is 0. The molecule has 0 radical (unpaired) electrons. The van der Waals surface area contributed by atoms with Crippen LogP contribution in [0.5, 0.6) is 0 Å². The summed E-state index contributed by atoms with van der Waals surface area (Å²) in [5.74, 6) is 0. The Balaban J connectivity index is 2.22. The second kappa shape index (κ2) is 4.71. The second-order valence-corrected chi connectivity index (χ2v) is 5.98. The molecule has 3 rings (SSSR count). The first kappa shape index (κ1) is 14.4. The molecule has 0 aromatic heterocycles. The van der Waals surface area contributed by atoms with Gasteiger partial charge in [-0.1, -0.05) is 50.2 Å². The molecule has 0 bridgehead atoms. The predicted molar refractivity (Wildman–Crippen MR) is 83.7 cm³/mol. The van der Waals surface area contributed by atoms with Gasteiger partial charge in [-0.2, -0.15) is 0 Å². The first-order valence-electron chi connectivity index (χ1n) is 6.84. The van der Waals surface area contributed by atoms with Crippen LogP contribution in [0, 0.1) is 0 Å². The fraction of sp³-hybridized carbons (Fsp3) is 0.200. The maximum atomic E-state index is 9.35. The van der Waals surface area contributed by atoms with Crippen LogP contribution in [0.4, 0.5) is 0 Å². The van der Waals surface area contributed by atoms with E-state index in [0.717, 1.165) is 22.3 Å². The van der Waals surface area contributed by atoms with Crippen molar-refractivity contribution in [3.63, 3.8) is 0 Å². The summed E-state index contributed by atoms with van der Waals surface area (Å²) in [4.78, 5) is 0. The maximum Gasteiger partial charge on any atom is 0.488 e. The van der Waals surface area contributed by atoms with E-state index in [1.54, 1.807) is 24.3 Å². The molecular formula is C15H16B2O4. The van der Waals surface area contributed by atoms with E-state index in [2.05, 4.69) is 0 Å². The van der Waals surface area contributed by atoms with Gasteiger partial charge < -0.3 is 20.1 Å². The number of hydrogen-bond acceptors (Lipinski definition) is 4. The van der Waals surface area contributed by atoms with Crippen molar-refractivity contribution in [1.29, 1.82) is 0 Å². The zero-order chi connectivity index (χ0) is 15.4. The number of benzene rings is 2. The molecule has 6 heteroatoms. The fourth-order valence-corrected chi connectivity index (χ4v) is 3.09. The van der Waals surface area contributed by atoms with Crippen LogP contribution in [0.25, 0.3) is 11.1 Å². The van der Waals surface area contributed by atoms with E-state index in [0.29, 0.717) is 10.9 Å². The molecule has 0 aliphatic heterocycles. The molecule has 0 heterocycles. The highest BCUT2D eigenvalue weighted by Gasteiger charge is 2.36. The van der Waals surface area contributed by atoms with E-state index >= 15 is 0 Å². The normalized spacial score (nSPS) is 14.6. The third-order valence-corrected chi connectivity index (χ3v) is 4.32. The lowest BCUT2D eigenvalue weighted by molar-refractivity contribution is 0.424. The molecule has 1 aliphatic carbocycles. The SMILES string of the molecule is CC1(C)c2cc(B(O)O)ccc2-c2ccc(B(O)O)cc21. The van der Waals surface area contributed by atoms with Crippen molar-refractivity contribution in [2.75, 3.05) is 0 Å². The largest absolute Gasteiger partial charge is 0.488 e. The van der Waals surface area contributed by atoms with Crippen LogP contribution in [0.15, 0.2) is 36.4 Å². The van der Waals surface area contributed by atoms with Crippen molar-refractivity contribution in [3.8, 4) is 11.1 Å². The van der Waals surface area contributed by atoms with E-state index in [4.69, 9.17) is 0 Å². The highest BCUT2D eigenvalue weighted by atomic mass is 16.4. The third kappa shape index (κ3) is 2.12. The molecule has 2 aromatic rings. The van der Waals surface area contributed by atoms with Gasteiger partial charge in [-0.3, -0.25) is 0 Å². The van der Waals surface area contributed by atoms with Crippen LogP contribution < -0.4 is 10.9 Å². The molecule has 21 heavy (non-hydrogen) atoms. The smallest absolute Gasteiger partial charge is 0.423 e. The molecule has 0 atom stereocenters. The predicted octanol–water partition coefficient (Wildman–Crippen LogP) is -0.648. The van der Waals surface area contributed by atoms with E-state index in [1.807, 2.05) is 26.0 Å².